The number of amides is 1. The molecule has 0 aliphatic carbocycles. The van der Waals surface area contributed by atoms with Gasteiger partial charge in [-0.2, -0.15) is 13.2 Å². The second-order valence-corrected chi connectivity index (χ2v) is 9.11. The van der Waals surface area contributed by atoms with Crippen molar-refractivity contribution in [2.75, 3.05) is 12.4 Å². The van der Waals surface area contributed by atoms with Gasteiger partial charge in [0.05, 0.1) is 0 Å². The summed E-state index contributed by atoms with van der Waals surface area (Å²) < 4.78 is 51.7. The van der Waals surface area contributed by atoms with Crippen molar-refractivity contribution in [1.82, 2.24) is 4.90 Å². The minimum Gasteiger partial charge on any atom is -0.461 e. The van der Waals surface area contributed by atoms with Crippen LogP contribution in [-0.2, 0) is 23.9 Å². The van der Waals surface area contributed by atoms with Gasteiger partial charge in [0.15, 0.2) is 6.10 Å². The molecule has 2 aliphatic rings. The summed E-state index contributed by atoms with van der Waals surface area (Å²) in [5.74, 6) is -3.25. The number of fused-ring (bicyclic) bond motifs is 1. The Bertz CT molecular complexity index is 1130. The first-order chi connectivity index (χ1) is 16.6. The monoisotopic (exact) mass is 506 g/mol. The molecule has 184 valence electrons. The summed E-state index contributed by atoms with van der Waals surface area (Å²) in [5.41, 5.74) is 3.37. The van der Waals surface area contributed by atoms with E-state index in [1.54, 1.807) is 60.7 Å². The second kappa shape index (κ2) is 9.38. The number of hydrogen-bond acceptors (Lipinski definition) is 7. The third kappa shape index (κ3) is 4.41. The fraction of sp³-hybridized carbons (Fsp3) is 0.292. The largest absolute Gasteiger partial charge is 0.461 e. The number of carbonyl (C=O) groups is 3. The van der Waals surface area contributed by atoms with Gasteiger partial charge < -0.3 is 15.2 Å². The fourth-order valence-electron chi connectivity index (χ4n) is 3.94. The van der Waals surface area contributed by atoms with E-state index in [4.69, 9.17) is 15.2 Å². The van der Waals surface area contributed by atoms with Gasteiger partial charge in [-0.3, -0.25) is 14.5 Å². The van der Waals surface area contributed by atoms with E-state index >= 15 is 0 Å². The predicted molar refractivity (Wildman–Crippen MR) is 121 cm³/mol. The molecule has 0 unspecified atom stereocenters. The van der Waals surface area contributed by atoms with E-state index < -0.39 is 41.0 Å². The van der Waals surface area contributed by atoms with Crippen LogP contribution < -0.4 is 5.73 Å². The molecule has 0 bridgehead atoms. The molecule has 0 spiro atoms. The molecule has 2 N–H and O–H groups in total. The summed E-state index contributed by atoms with van der Waals surface area (Å²) in [6.07, 6.45) is -5.92. The Hall–Kier alpha value is -3.31. The molecule has 1 amide bonds. The minimum absolute atomic E-state index is 0.109. The van der Waals surface area contributed by atoms with Crippen molar-refractivity contribution in [3.63, 3.8) is 0 Å². The molecular weight excluding hydrogens is 485 g/mol. The Balaban J connectivity index is 1.72. The van der Waals surface area contributed by atoms with Crippen LogP contribution in [0.2, 0.25) is 0 Å². The lowest BCUT2D eigenvalue weighted by Crippen LogP contribution is -2.83. The number of benzene rings is 2. The molecule has 4 rings (SSSR count). The van der Waals surface area contributed by atoms with E-state index in [2.05, 4.69) is 0 Å². The number of alkyl halides is 3. The Kier molecular flexibility index (Phi) is 6.65. The molecule has 2 aromatic rings. The highest BCUT2D eigenvalue weighted by Gasteiger charge is 2.75. The van der Waals surface area contributed by atoms with Crippen molar-refractivity contribution >= 4 is 29.6 Å². The van der Waals surface area contributed by atoms with E-state index in [0.29, 0.717) is 16.0 Å². The van der Waals surface area contributed by atoms with Crippen molar-refractivity contribution < 1.29 is 37.0 Å². The zero-order chi connectivity index (χ0) is 25.4. The van der Waals surface area contributed by atoms with E-state index in [1.165, 1.54) is 0 Å². The van der Waals surface area contributed by atoms with Gasteiger partial charge in [0.2, 0.25) is 5.54 Å². The van der Waals surface area contributed by atoms with Crippen LogP contribution >= 0.6 is 11.8 Å². The van der Waals surface area contributed by atoms with Gasteiger partial charge in [-0.15, -0.1) is 11.8 Å². The van der Waals surface area contributed by atoms with Crippen molar-refractivity contribution in [3.05, 3.63) is 83.1 Å². The molecule has 2 atom stereocenters. The Morgan fingerprint density at radius 2 is 1.66 bits per heavy atom. The zero-order valence-corrected chi connectivity index (χ0v) is 19.3. The zero-order valence-electron chi connectivity index (χ0n) is 18.5. The normalized spacial score (nSPS) is 21.9. The van der Waals surface area contributed by atoms with Gasteiger partial charge >= 0.3 is 18.1 Å². The average molecular weight is 507 g/mol. The van der Waals surface area contributed by atoms with Gasteiger partial charge in [-0.05, 0) is 11.1 Å². The Morgan fingerprint density at radius 1 is 1.11 bits per heavy atom. The lowest BCUT2D eigenvalue weighted by atomic mass is 9.86. The number of hydrogen-bond donors (Lipinski definition) is 1. The van der Waals surface area contributed by atoms with Crippen molar-refractivity contribution in [2.45, 2.75) is 30.1 Å². The van der Waals surface area contributed by atoms with E-state index in [1.807, 2.05) is 0 Å². The number of nitrogens with two attached hydrogens (primary N) is 1. The van der Waals surface area contributed by atoms with Gasteiger partial charge in [-0.1, -0.05) is 60.7 Å². The molecule has 7 nitrogen and oxygen atoms in total. The first kappa shape index (κ1) is 24.8. The van der Waals surface area contributed by atoms with Crippen molar-refractivity contribution in [1.29, 1.82) is 0 Å². The molecule has 0 saturated carbocycles. The summed E-state index contributed by atoms with van der Waals surface area (Å²) in [7, 11) is 0. The third-order valence-corrected chi connectivity index (χ3v) is 7.14. The van der Waals surface area contributed by atoms with Crippen LogP contribution in [0.15, 0.2) is 71.9 Å². The second-order valence-electron chi connectivity index (χ2n) is 8.04. The highest BCUT2D eigenvalue weighted by molar-refractivity contribution is 8.00. The van der Waals surface area contributed by atoms with E-state index in [-0.39, 0.29) is 23.6 Å². The molecule has 35 heavy (non-hydrogen) atoms. The maximum Gasteiger partial charge on any atom is 0.418 e. The average Bonchev–Trinajstić information content (AvgIpc) is 2.84. The molecular formula is C24H21F3N2O5S. The number of carbonyl (C=O) groups excluding carboxylic acids is 3. The topological polar surface area (TPSA) is 98.9 Å². The number of rotatable bonds is 6. The van der Waals surface area contributed by atoms with Gasteiger partial charge in [0.25, 0.3) is 5.91 Å². The maximum atomic E-state index is 13.7. The van der Waals surface area contributed by atoms with Crippen molar-refractivity contribution in [3.8, 4) is 0 Å². The standard InChI is InChI=1S/C24H21F3N2O5S/c1-14(30)33-12-17-13-35-22-23(28,24(25,26)27)21(32)29(22)18(17)20(31)34-19(15-8-4-2-5-9-15)16-10-6-3-7-11-16/h2-11,19,22H,12-13,28H2,1H3/t22-,23-/m1/s1. The highest BCUT2D eigenvalue weighted by atomic mass is 32.2. The highest BCUT2D eigenvalue weighted by Crippen LogP contribution is 2.51. The maximum absolute atomic E-state index is 13.7. The Labute approximate surface area is 203 Å². The summed E-state index contributed by atoms with van der Waals surface area (Å²) in [6, 6.07) is 17.5. The molecule has 1 saturated heterocycles. The number of esters is 2. The summed E-state index contributed by atoms with van der Waals surface area (Å²) >= 11 is 0.746. The number of ether oxygens (including phenoxy) is 2. The number of halogens is 3. The third-order valence-electron chi connectivity index (χ3n) is 5.73. The van der Waals surface area contributed by atoms with Gasteiger partial charge in [0.1, 0.15) is 17.7 Å². The van der Waals surface area contributed by atoms with Gasteiger partial charge in [-0.25, -0.2) is 4.79 Å². The molecule has 11 heteroatoms. The lowest BCUT2D eigenvalue weighted by Gasteiger charge is -2.55. The number of thioether (sulfide) groups is 1. The summed E-state index contributed by atoms with van der Waals surface area (Å²) in [4.78, 5) is 38.2. The Morgan fingerprint density at radius 3 is 2.14 bits per heavy atom. The predicted octanol–water partition coefficient (Wildman–Crippen LogP) is 3.31. The number of nitrogens with zero attached hydrogens (tertiary/aromatic N) is 1. The van der Waals surface area contributed by atoms with E-state index in [0.717, 1.165) is 18.7 Å². The fourth-order valence-corrected chi connectivity index (χ4v) is 5.37. The lowest BCUT2D eigenvalue weighted by molar-refractivity contribution is -0.224. The molecule has 2 heterocycles. The van der Waals surface area contributed by atoms with Gasteiger partial charge in [0, 0.05) is 18.2 Å². The van der Waals surface area contributed by atoms with Crippen LogP contribution in [0.1, 0.15) is 24.2 Å². The number of β-lactam (4-membered cyclic amide) rings is 1. The first-order valence-corrected chi connectivity index (χ1v) is 11.6. The van der Waals surface area contributed by atoms with Crippen LogP contribution in [0.25, 0.3) is 0 Å². The first-order valence-electron chi connectivity index (χ1n) is 10.5. The molecule has 0 aromatic heterocycles. The summed E-state index contributed by atoms with van der Waals surface area (Å²) in [5, 5.41) is -1.55. The van der Waals surface area contributed by atoms with Crippen LogP contribution in [0.5, 0.6) is 0 Å². The summed E-state index contributed by atoms with van der Waals surface area (Å²) in [6.45, 7) is 0.774. The molecule has 2 aromatic carbocycles. The van der Waals surface area contributed by atoms with Crippen LogP contribution in [-0.4, -0.2) is 52.2 Å². The SMILES string of the molecule is CC(=O)OCC1=C(C(=O)OC(c2ccccc2)c2ccccc2)N2C(=O)[C@](N)(C(F)(F)F)[C@H]2SC1. The van der Waals surface area contributed by atoms with Crippen LogP contribution in [0, 0.1) is 0 Å². The van der Waals surface area contributed by atoms with E-state index in [9.17, 15) is 27.6 Å². The minimum atomic E-state index is -5.02. The molecule has 0 radical (unpaired) electrons. The molecule has 2 aliphatic heterocycles. The molecule has 1 fully saturated rings. The quantitative estimate of drug-likeness (QED) is 0.474. The van der Waals surface area contributed by atoms with Crippen LogP contribution in [0.4, 0.5) is 13.2 Å². The van der Waals surface area contributed by atoms with Crippen LogP contribution in [0.3, 0.4) is 0 Å². The smallest absolute Gasteiger partial charge is 0.418 e. The van der Waals surface area contributed by atoms with Crippen molar-refractivity contribution in [2.24, 2.45) is 5.73 Å².